The van der Waals surface area contributed by atoms with Gasteiger partial charge in [-0.25, -0.2) is 10.8 Å². The summed E-state index contributed by atoms with van der Waals surface area (Å²) >= 11 is 0. The fourth-order valence-corrected chi connectivity index (χ4v) is 4.54. The van der Waals surface area contributed by atoms with E-state index in [9.17, 15) is 14.4 Å². The topological polar surface area (TPSA) is 143 Å². The zero-order valence-electron chi connectivity index (χ0n) is 21.1. The number of pyridine rings is 2. The Morgan fingerprint density at radius 1 is 1.11 bits per heavy atom. The van der Waals surface area contributed by atoms with E-state index in [2.05, 4.69) is 20.6 Å². The van der Waals surface area contributed by atoms with Crippen LogP contribution >= 0.6 is 0 Å². The smallest absolute Gasteiger partial charge is 0.287 e. The lowest BCUT2D eigenvalue weighted by Crippen LogP contribution is -2.53. The summed E-state index contributed by atoms with van der Waals surface area (Å²) in [5, 5.41) is 6.71. The highest BCUT2D eigenvalue weighted by atomic mass is 16.4. The molecule has 1 atom stereocenters. The van der Waals surface area contributed by atoms with Crippen molar-refractivity contribution in [1.82, 2.24) is 25.6 Å². The molecule has 10 nitrogen and oxygen atoms in total. The van der Waals surface area contributed by atoms with Gasteiger partial charge in [-0.05, 0) is 67.6 Å². The third-order valence-electron chi connectivity index (χ3n) is 6.50. The number of hydrogen-bond donors (Lipinski definition) is 3. The summed E-state index contributed by atoms with van der Waals surface area (Å²) in [6.07, 6.45) is 6.51. The maximum atomic E-state index is 13.0. The van der Waals surface area contributed by atoms with Crippen molar-refractivity contribution in [1.29, 1.82) is 0 Å². The van der Waals surface area contributed by atoms with E-state index in [0.717, 1.165) is 48.4 Å². The van der Waals surface area contributed by atoms with Crippen molar-refractivity contribution in [2.75, 3.05) is 7.05 Å². The summed E-state index contributed by atoms with van der Waals surface area (Å²) < 4.78 is 5.79. The first kappa shape index (κ1) is 26.0. The van der Waals surface area contributed by atoms with Crippen LogP contribution in [-0.2, 0) is 11.3 Å². The van der Waals surface area contributed by atoms with Crippen LogP contribution < -0.4 is 16.5 Å². The molecule has 3 aromatic heterocycles. The number of likely N-dealkylation sites (N-methyl/N-ethyl adjacent to an activating group) is 1. The van der Waals surface area contributed by atoms with E-state index in [1.807, 2.05) is 13.0 Å². The maximum Gasteiger partial charge on any atom is 0.287 e. The van der Waals surface area contributed by atoms with Gasteiger partial charge in [0.15, 0.2) is 11.5 Å². The van der Waals surface area contributed by atoms with Gasteiger partial charge in [-0.15, -0.1) is 0 Å². The lowest BCUT2D eigenvalue weighted by atomic mass is 9.83. The highest BCUT2D eigenvalue weighted by Crippen LogP contribution is 2.28. The first-order valence-corrected chi connectivity index (χ1v) is 12.4. The molecule has 0 aliphatic heterocycles. The summed E-state index contributed by atoms with van der Waals surface area (Å²) in [5.41, 5.74) is 2.44. The van der Waals surface area contributed by atoms with Crippen molar-refractivity contribution in [2.45, 2.75) is 51.6 Å². The normalized spacial score (nSPS) is 14.6. The van der Waals surface area contributed by atoms with Crippen LogP contribution in [-0.4, -0.2) is 45.8 Å². The number of aromatic nitrogens is 2. The highest BCUT2D eigenvalue weighted by molar-refractivity contribution is 5.96. The molecule has 0 aromatic carbocycles. The molecule has 3 aromatic rings. The summed E-state index contributed by atoms with van der Waals surface area (Å²) in [4.78, 5) is 46.7. The van der Waals surface area contributed by atoms with Crippen molar-refractivity contribution in [3.05, 3.63) is 71.4 Å². The molecular formula is C27H32N6O4. The van der Waals surface area contributed by atoms with E-state index in [0.29, 0.717) is 17.1 Å². The molecule has 1 aliphatic carbocycles. The van der Waals surface area contributed by atoms with Crippen molar-refractivity contribution in [2.24, 2.45) is 11.8 Å². The first-order chi connectivity index (χ1) is 17.8. The number of hydrogen-bond acceptors (Lipinski definition) is 7. The Hall–Kier alpha value is -4.05. The Morgan fingerprint density at radius 2 is 1.89 bits per heavy atom. The van der Waals surface area contributed by atoms with Gasteiger partial charge in [0, 0.05) is 25.5 Å². The predicted molar refractivity (Wildman–Crippen MR) is 137 cm³/mol. The minimum atomic E-state index is -0.704. The average molecular weight is 505 g/mol. The largest absolute Gasteiger partial charge is 0.449 e. The number of nitrogens with zero attached hydrogens (tertiary/aromatic N) is 3. The summed E-state index contributed by atoms with van der Waals surface area (Å²) in [7, 11) is 1.48. The second-order valence-electron chi connectivity index (χ2n) is 9.36. The SMILES string of the molecule is Cc1cccc(C(=O)NCc2ccnc(-c3ccc(C(=O)N[C@H](C(=O)N(C)N)C4CCCCC4)o3)c2)n1. The average Bonchev–Trinajstić information content (AvgIpc) is 3.41. The van der Waals surface area contributed by atoms with Crippen LogP contribution in [0.15, 0.2) is 53.1 Å². The summed E-state index contributed by atoms with van der Waals surface area (Å²) in [5.74, 6) is 5.14. The number of carbonyl (C=O) groups excluding carboxylic acids is 3. The molecule has 0 radical (unpaired) electrons. The molecule has 0 bridgehead atoms. The van der Waals surface area contributed by atoms with Crippen LogP contribution in [0.3, 0.4) is 0 Å². The molecule has 1 fully saturated rings. The van der Waals surface area contributed by atoms with Gasteiger partial charge in [0.25, 0.3) is 17.7 Å². The van der Waals surface area contributed by atoms with E-state index in [4.69, 9.17) is 10.3 Å². The molecule has 0 unspecified atom stereocenters. The monoisotopic (exact) mass is 504 g/mol. The van der Waals surface area contributed by atoms with Crippen LogP contribution in [0.1, 0.15) is 64.4 Å². The first-order valence-electron chi connectivity index (χ1n) is 12.4. The number of furan rings is 1. The van der Waals surface area contributed by atoms with Crippen molar-refractivity contribution in [3.8, 4) is 11.5 Å². The number of nitrogens with two attached hydrogens (primary N) is 1. The number of aryl methyl sites for hydroxylation is 1. The van der Waals surface area contributed by atoms with Crippen molar-refractivity contribution < 1.29 is 18.8 Å². The van der Waals surface area contributed by atoms with E-state index in [1.54, 1.807) is 42.6 Å². The van der Waals surface area contributed by atoms with Gasteiger partial charge in [0.2, 0.25) is 0 Å². The highest BCUT2D eigenvalue weighted by Gasteiger charge is 2.33. The molecule has 0 spiro atoms. The number of rotatable bonds is 8. The number of amides is 3. The summed E-state index contributed by atoms with van der Waals surface area (Å²) in [6, 6.07) is 11.3. The zero-order chi connectivity index (χ0) is 26.4. The molecule has 1 saturated carbocycles. The van der Waals surface area contributed by atoms with Gasteiger partial charge in [-0.1, -0.05) is 25.3 Å². The molecule has 37 heavy (non-hydrogen) atoms. The molecule has 1 aliphatic rings. The van der Waals surface area contributed by atoms with Gasteiger partial charge in [-0.2, -0.15) is 0 Å². The molecule has 0 saturated heterocycles. The van der Waals surface area contributed by atoms with E-state index in [-0.39, 0.29) is 30.0 Å². The Kier molecular flexibility index (Phi) is 8.29. The Labute approximate surface area is 215 Å². The molecule has 194 valence electrons. The minimum Gasteiger partial charge on any atom is -0.449 e. The van der Waals surface area contributed by atoms with Crippen LogP contribution in [0.4, 0.5) is 0 Å². The van der Waals surface area contributed by atoms with Crippen LogP contribution in [0.5, 0.6) is 0 Å². The standard InChI is InChI=1S/C27H32N6O4/c1-17-7-6-10-20(31-17)25(34)30-16-18-13-14-29-21(15-18)22-11-12-23(37-22)26(35)32-24(27(36)33(2)28)19-8-4-3-5-9-19/h6-7,10-15,19,24H,3-5,8-9,16,28H2,1-2H3,(H,30,34)(H,32,35)/t24-/m0/s1. The molecule has 3 amide bonds. The van der Waals surface area contributed by atoms with Gasteiger partial charge in [0.1, 0.15) is 17.4 Å². The summed E-state index contributed by atoms with van der Waals surface area (Å²) in [6.45, 7) is 2.10. The molecule has 4 N–H and O–H groups in total. The third-order valence-corrected chi connectivity index (χ3v) is 6.50. The fourth-order valence-electron chi connectivity index (χ4n) is 4.54. The maximum absolute atomic E-state index is 13.0. The number of nitrogens with one attached hydrogen (secondary N) is 2. The quantitative estimate of drug-likeness (QED) is 0.243. The van der Waals surface area contributed by atoms with Gasteiger partial charge in [0.05, 0.1) is 0 Å². The second-order valence-corrected chi connectivity index (χ2v) is 9.36. The third kappa shape index (κ3) is 6.59. The van der Waals surface area contributed by atoms with E-state index >= 15 is 0 Å². The van der Waals surface area contributed by atoms with Crippen molar-refractivity contribution in [3.63, 3.8) is 0 Å². The molecule has 4 rings (SSSR count). The predicted octanol–water partition coefficient (Wildman–Crippen LogP) is 2.99. The fraction of sp³-hybridized carbons (Fsp3) is 0.370. The lowest BCUT2D eigenvalue weighted by molar-refractivity contribution is -0.133. The van der Waals surface area contributed by atoms with Crippen LogP contribution in [0.25, 0.3) is 11.5 Å². The zero-order valence-corrected chi connectivity index (χ0v) is 21.1. The van der Waals surface area contributed by atoms with Gasteiger partial charge < -0.3 is 15.1 Å². The Morgan fingerprint density at radius 3 is 2.62 bits per heavy atom. The minimum absolute atomic E-state index is 0.0363. The van der Waals surface area contributed by atoms with Crippen molar-refractivity contribution >= 4 is 17.7 Å². The van der Waals surface area contributed by atoms with Gasteiger partial charge >= 0.3 is 0 Å². The molecule has 10 heteroatoms. The number of carbonyl (C=O) groups is 3. The van der Waals surface area contributed by atoms with E-state index < -0.39 is 11.9 Å². The Balaban J connectivity index is 1.42. The van der Waals surface area contributed by atoms with Gasteiger partial charge in [-0.3, -0.25) is 24.4 Å². The Bertz CT molecular complexity index is 1270. The van der Waals surface area contributed by atoms with E-state index in [1.165, 1.54) is 7.05 Å². The van der Waals surface area contributed by atoms with Crippen LogP contribution in [0, 0.1) is 12.8 Å². The number of hydrazine groups is 1. The lowest BCUT2D eigenvalue weighted by Gasteiger charge is -2.31. The molecule has 3 heterocycles. The second kappa shape index (κ2) is 11.8. The molecular weight excluding hydrogens is 472 g/mol. The van der Waals surface area contributed by atoms with Crippen LogP contribution in [0.2, 0.25) is 0 Å².